The first-order valence-corrected chi connectivity index (χ1v) is 9.26. The van der Waals surface area contributed by atoms with E-state index >= 15 is 0 Å². The molecule has 0 unspecified atom stereocenters. The van der Waals surface area contributed by atoms with E-state index in [2.05, 4.69) is 11.4 Å². The minimum absolute atomic E-state index is 0.499. The first-order valence-electron chi connectivity index (χ1n) is 8.50. The first kappa shape index (κ1) is 17.0. The molecule has 2 aromatic carbocycles. The molecule has 4 rings (SSSR count). The SMILES string of the molecule is N#Cc1ccccc1-n1nc(-c2cccc(Cl)c2Cl)c2c1NCCCC2. The van der Waals surface area contributed by atoms with Gasteiger partial charge in [-0.3, -0.25) is 0 Å². The zero-order valence-corrected chi connectivity index (χ0v) is 15.5. The van der Waals surface area contributed by atoms with Crippen molar-refractivity contribution in [1.82, 2.24) is 9.78 Å². The van der Waals surface area contributed by atoms with Gasteiger partial charge < -0.3 is 5.32 Å². The van der Waals surface area contributed by atoms with Crippen LogP contribution in [0.5, 0.6) is 0 Å². The quantitative estimate of drug-likeness (QED) is 0.639. The van der Waals surface area contributed by atoms with Gasteiger partial charge in [-0.15, -0.1) is 0 Å². The normalized spacial score (nSPS) is 13.4. The van der Waals surface area contributed by atoms with Gasteiger partial charge in [0, 0.05) is 17.7 Å². The van der Waals surface area contributed by atoms with Crippen LogP contribution in [-0.4, -0.2) is 16.3 Å². The number of para-hydroxylation sites is 1. The van der Waals surface area contributed by atoms with Crippen molar-refractivity contribution in [2.75, 3.05) is 11.9 Å². The summed E-state index contributed by atoms with van der Waals surface area (Å²) in [6.07, 6.45) is 3.04. The van der Waals surface area contributed by atoms with E-state index in [0.717, 1.165) is 54.1 Å². The fourth-order valence-corrected chi connectivity index (χ4v) is 3.72. The molecule has 1 aliphatic heterocycles. The Hall–Kier alpha value is -2.48. The summed E-state index contributed by atoms with van der Waals surface area (Å²) in [6, 6.07) is 15.3. The number of nitriles is 1. The molecular formula is C20H16Cl2N4. The van der Waals surface area contributed by atoms with Gasteiger partial charge in [0.25, 0.3) is 0 Å². The van der Waals surface area contributed by atoms with Crippen molar-refractivity contribution in [2.24, 2.45) is 0 Å². The summed E-state index contributed by atoms with van der Waals surface area (Å²) in [5.74, 6) is 0.927. The van der Waals surface area contributed by atoms with Crippen molar-refractivity contribution in [3.05, 3.63) is 63.6 Å². The van der Waals surface area contributed by atoms with Gasteiger partial charge in [-0.05, 0) is 37.5 Å². The molecule has 0 spiro atoms. The second-order valence-electron chi connectivity index (χ2n) is 6.20. The first-order chi connectivity index (χ1) is 12.7. The Bertz CT molecular complexity index is 1020. The summed E-state index contributed by atoms with van der Waals surface area (Å²) in [6.45, 7) is 0.871. The molecule has 0 bridgehead atoms. The number of nitrogens with zero attached hydrogens (tertiary/aromatic N) is 3. The van der Waals surface area contributed by atoms with Crippen LogP contribution in [0.25, 0.3) is 16.9 Å². The Kier molecular flexibility index (Phi) is 4.58. The minimum atomic E-state index is 0.499. The molecule has 26 heavy (non-hydrogen) atoms. The van der Waals surface area contributed by atoms with Gasteiger partial charge in [-0.2, -0.15) is 10.4 Å². The summed E-state index contributed by atoms with van der Waals surface area (Å²) >= 11 is 12.7. The van der Waals surface area contributed by atoms with Gasteiger partial charge in [0.1, 0.15) is 11.9 Å². The summed E-state index contributed by atoms with van der Waals surface area (Å²) in [5.41, 5.74) is 4.07. The number of anilines is 1. The number of nitrogens with one attached hydrogen (secondary N) is 1. The summed E-state index contributed by atoms with van der Waals surface area (Å²) in [7, 11) is 0. The highest BCUT2D eigenvalue weighted by atomic mass is 35.5. The van der Waals surface area contributed by atoms with Gasteiger partial charge in [0.15, 0.2) is 0 Å². The molecule has 0 radical (unpaired) electrons. The van der Waals surface area contributed by atoms with Crippen LogP contribution >= 0.6 is 23.2 Å². The largest absolute Gasteiger partial charge is 0.370 e. The average molecular weight is 383 g/mol. The zero-order chi connectivity index (χ0) is 18.1. The lowest BCUT2D eigenvalue weighted by molar-refractivity contribution is 0.780. The molecular weight excluding hydrogens is 367 g/mol. The van der Waals surface area contributed by atoms with Gasteiger partial charge in [0.05, 0.1) is 27.0 Å². The van der Waals surface area contributed by atoms with Crippen LogP contribution in [0.15, 0.2) is 42.5 Å². The highest BCUT2D eigenvalue weighted by Crippen LogP contribution is 2.39. The van der Waals surface area contributed by atoms with Crippen LogP contribution in [0.1, 0.15) is 24.0 Å². The van der Waals surface area contributed by atoms with Gasteiger partial charge in [0.2, 0.25) is 0 Å². The van der Waals surface area contributed by atoms with E-state index in [1.54, 1.807) is 12.1 Å². The Morgan fingerprint density at radius 3 is 2.77 bits per heavy atom. The fraction of sp³-hybridized carbons (Fsp3) is 0.200. The lowest BCUT2D eigenvalue weighted by Gasteiger charge is -2.10. The van der Waals surface area contributed by atoms with Gasteiger partial charge in [-0.1, -0.05) is 47.5 Å². The molecule has 0 atom stereocenters. The molecule has 4 nitrogen and oxygen atoms in total. The standard InChI is InChI=1S/C20H16Cl2N4/c21-16-9-5-8-14(18(16)22)19-15-7-3-4-11-24-20(15)26(25-19)17-10-2-1-6-13(17)12-23/h1-2,5-6,8-10,24H,3-4,7,11H2. The predicted molar refractivity (Wildman–Crippen MR) is 105 cm³/mol. The fourth-order valence-electron chi connectivity index (χ4n) is 3.33. The maximum Gasteiger partial charge on any atom is 0.133 e. The van der Waals surface area contributed by atoms with Gasteiger partial charge >= 0.3 is 0 Å². The molecule has 0 saturated carbocycles. The second kappa shape index (κ2) is 7.03. The molecule has 0 fully saturated rings. The highest BCUT2D eigenvalue weighted by molar-refractivity contribution is 6.43. The lowest BCUT2D eigenvalue weighted by Crippen LogP contribution is -2.08. The predicted octanol–water partition coefficient (Wildman–Crippen LogP) is 5.47. The maximum atomic E-state index is 9.49. The minimum Gasteiger partial charge on any atom is -0.370 e. The summed E-state index contributed by atoms with van der Waals surface area (Å²) in [4.78, 5) is 0. The Morgan fingerprint density at radius 2 is 1.92 bits per heavy atom. The molecule has 0 aliphatic carbocycles. The van der Waals surface area contributed by atoms with Crippen LogP contribution in [0.2, 0.25) is 10.0 Å². The highest BCUT2D eigenvalue weighted by Gasteiger charge is 2.24. The number of aromatic nitrogens is 2. The summed E-state index contributed by atoms with van der Waals surface area (Å²) < 4.78 is 1.83. The molecule has 0 saturated heterocycles. The third kappa shape index (κ3) is 2.84. The van der Waals surface area contributed by atoms with Crippen molar-refractivity contribution in [3.8, 4) is 23.0 Å². The van der Waals surface area contributed by atoms with Crippen LogP contribution in [0.3, 0.4) is 0 Å². The number of rotatable bonds is 2. The molecule has 1 aliphatic rings. The molecule has 6 heteroatoms. The lowest BCUT2D eigenvalue weighted by atomic mass is 10.0. The van der Waals surface area contributed by atoms with Crippen LogP contribution in [0.4, 0.5) is 5.82 Å². The summed E-state index contributed by atoms with van der Waals surface area (Å²) in [5, 5.41) is 18.8. The maximum absolute atomic E-state index is 9.49. The van der Waals surface area contributed by atoms with Crippen LogP contribution in [0, 0.1) is 11.3 Å². The molecule has 1 aromatic heterocycles. The van der Waals surface area contributed by atoms with E-state index in [1.807, 2.05) is 35.0 Å². The van der Waals surface area contributed by atoms with E-state index in [1.165, 1.54) is 0 Å². The van der Waals surface area contributed by atoms with E-state index in [9.17, 15) is 5.26 Å². The van der Waals surface area contributed by atoms with Crippen LogP contribution in [-0.2, 0) is 6.42 Å². The topological polar surface area (TPSA) is 53.6 Å². The van der Waals surface area contributed by atoms with Crippen molar-refractivity contribution in [2.45, 2.75) is 19.3 Å². The number of hydrogen-bond acceptors (Lipinski definition) is 3. The van der Waals surface area contributed by atoms with E-state index in [-0.39, 0.29) is 0 Å². The second-order valence-corrected chi connectivity index (χ2v) is 6.99. The molecule has 2 heterocycles. The number of benzene rings is 2. The van der Waals surface area contributed by atoms with Gasteiger partial charge in [-0.25, -0.2) is 4.68 Å². The molecule has 0 amide bonds. The third-order valence-electron chi connectivity index (χ3n) is 4.59. The van der Waals surface area contributed by atoms with E-state index < -0.39 is 0 Å². The van der Waals surface area contributed by atoms with Crippen molar-refractivity contribution in [1.29, 1.82) is 5.26 Å². The Balaban J connectivity index is 1.99. The molecule has 130 valence electrons. The van der Waals surface area contributed by atoms with E-state index in [4.69, 9.17) is 28.3 Å². The monoisotopic (exact) mass is 382 g/mol. The van der Waals surface area contributed by atoms with Crippen molar-refractivity contribution >= 4 is 29.0 Å². The zero-order valence-electron chi connectivity index (χ0n) is 14.0. The number of hydrogen-bond donors (Lipinski definition) is 1. The smallest absolute Gasteiger partial charge is 0.133 e. The third-order valence-corrected chi connectivity index (χ3v) is 5.41. The van der Waals surface area contributed by atoms with Crippen LogP contribution < -0.4 is 5.32 Å². The van der Waals surface area contributed by atoms with Crippen molar-refractivity contribution in [3.63, 3.8) is 0 Å². The van der Waals surface area contributed by atoms with E-state index in [0.29, 0.717) is 15.6 Å². The molecule has 3 aromatic rings. The number of halogens is 2. The Morgan fingerprint density at radius 1 is 1.08 bits per heavy atom. The average Bonchev–Trinajstić information content (AvgIpc) is 2.85. The number of fused-ring (bicyclic) bond motifs is 1. The molecule has 1 N–H and O–H groups in total. The van der Waals surface area contributed by atoms with Crippen molar-refractivity contribution < 1.29 is 0 Å². The Labute approximate surface area is 162 Å².